The van der Waals surface area contributed by atoms with Gasteiger partial charge in [-0.2, -0.15) is 0 Å². The van der Waals surface area contributed by atoms with Gasteiger partial charge in [0.15, 0.2) is 0 Å². The molecule has 1 rings (SSSR count). The number of hydrogen-bond donors (Lipinski definition) is 1. The summed E-state index contributed by atoms with van der Waals surface area (Å²) in [7, 11) is 0. The first kappa shape index (κ1) is 16.0. The highest BCUT2D eigenvalue weighted by Crippen LogP contribution is 2.11. The van der Waals surface area contributed by atoms with Gasteiger partial charge in [-0.05, 0) is 49.8 Å². The molecular weight excluding hydrogens is 258 g/mol. The van der Waals surface area contributed by atoms with E-state index in [1.54, 1.807) is 0 Å². The van der Waals surface area contributed by atoms with Crippen LogP contribution in [-0.4, -0.2) is 11.9 Å². The highest BCUT2D eigenvalue weighted by atomic mass is 35.5. The molecule has 19 heavy (non-hydrogen) atoms. The number of aryl methyl sites for hydroxylation is 1. The molecule has 0 bridgehead atoms. The third-order valence-electron chi connectivity index (χ3n) is 3.14. The monoisotopic (exact) mass is 281 g/mol. The average Bonchev–Trinajstić information content (AvgIpc) is 2.36. The van der Waals surface area contributed by atoms with Crippen LogP contribution in [-0.2, 0) is 11.2 Å². The van der Waals surface area contributed by atoms with E-state index >= 15 is 0 Å². The fraction of sp³-hybridized carbons (Fsp3) is 0.562. The van der Waals surface area contributed by atoms with Gasteiger partial charge >= 0.3 is 0 Å². The number of hydrogen-bond acceptors (Lipinski definition) is 1. The van der Waals surface area contributed by atoms with Gasteiger partial charge in [-0.15, -0.1) is 0 Å². The van der Waals surface area contributed by atoms with Crippen molar-refractivity contribution in [2.24, 2.45) is 5.92 Å². The zero-order valence-electron chi connectivity index (χ0n) is 12.1. The van der Waals surface area contributed by atoms with Gasteiger partial charge in [0.2, 0.25) is 5.91 Å². The van der Waals surface area contributed by atoms with Gasteiger partial charge in [0.1, 0.15) is 0 Å². The van der Waals surface area contributed by atoms with E-state index in [-0.39, 0.29) is 11.9 Å². The van der Waals surface area contributed by atoms with E-state index in [1.165, 1.54) is 0 Å². The first-order chi connectivity index (χ1) is 8.97. The first-order valence-electron chi connectivity index (χ1n) is 7.01. The zero-order chi connectivity index (χ0) is 14.3. The van der Waals surface area contributed by atoms with E-state index in [2.05, 4.69) is 26.1 Å². The Morgan fingerprint density at radius 2 is 1.79 bits per heavy atom. The van der Waals surface area contributed by atoms with Crippen LogP contribution in [0, 0.1) is 5.92 Å². The van der Waals surface area contributed by atoms with Crippen molar-refractivity contribution < 1.29 is 4.79 Å². The Balaban J connectivity index is 2.25. The molecule has 3 heteroatoms. The van der Waals surface area contributed by atoms with Gasteiger partial charge in [0, 0.05) is 17.5 Å². The highest BCUT2D eigenvalue weighted by molar-refractivity contribution is 6.30. The van der Waals surface area contributed by atoms with Crippen LogP contribution in [0.15, 0.2) is 24.3 Å². The lowest BCUT2D eigenvalue weighted by Crippen LogP contribution is -2.32. The lowest BCUT2D eigenvalue weighted by atomic mass is 10.0. The van der Waals surface area contributed by atoms with Crippen molar-refractivity contribution in [2.75, 3.05) is 0 Å². The summed E-state index contributed by atoms with van der Waals surface area (Å²) in [6.45, 7) is 6.48. The standard InChI is InChI=1S/C16H24ClNO/c1-12(2)4-5-13(3)18-16(19)11-8-14-6-9-15(17)10-7-14/h6-7,9-10,12-13H,4-5,8,11H2,1-3H3,(H,18,19). The largest absolute Gasteiger partial charge is 0.354 e. The van der Waals surface area contributed by atoms with E-state index < -0.39 is 0 Å². The molecule has 0 aliphatic carbocycles. The van der Waals surface area contributed by atoms with Crippen molar-refractivity contribution in [3.05, 3.63) is 34.9 Å². The van der Waals surface area contributed by atoms with Gasteiger partial charge in [-0.3, -0.25) is 4.79 Å². The number of halogens is 1. The summed E-state index contributed by atoms with van der Waals surface area (Å²) in [5, 5.41) is 3.78. The minimum atomic E-state index is 0.131. The van der Waals surface area contributed by atoms with Crippen molar-refractivity contribution in [1.82, 2.24) is 5.32 Å². The van der Waals surface area contributed by atoms with Crippen LogP contribution in [0.2, 0.25) is 5.02 Å². The molecule has 1 amide bonds. The molecule has 0 saturated carbocycles. The molecule has 0 aromatic heterocycles. The number of carbonyl (C=O) groups excluding carboxylic acids is 1. The molecule has 106 valence electrons. The van der Waals surface area contributed by atoms with Crippen LogP contribution in [0.25, 0.3) is 0 Å². The van der Waals surface area contributed by atoms with E-state index in [9.17, 15) is 4.79 Å². The summed E-state index contributed by atoms with van der Waals surface area (Å²) < 4.78 is 0. The summed E-state index contributed by atoms with van der Waals surface area (Å²) in [5.74, 6) is 0.819. The molecule has 1 N–H and O–H groups in total. The van der Waals surface area contributed by atoms with Crippen molar-refractivity contribution in [1.29, 1.82) is 0 Å². The minimum Gasteiger partial charge on any atom is -0.354 e. The van der Waals surface area contributed by atoms with E-state index in [0.717, 1.165) is 29.8 Å². The van der Waals surface area contributed by atoms with Crippen molar-refractivity contribution in [2.45, 2.75) is 52.5 Å². The second-order valence-corrected chi connectivity index (χ2v) is 6.00. The molecule has 1 aromatic carbocycles. The predicted octanol–water partition coefficient (Wildman–Crippen LogP) is 4.21. The molecule has 0 aliphatic heterocycles. The van der Waals surface area contributed by atoms with E-state index in [0.29, 0.717) is 12.3 Å². The second kappa shape index (κ2) is 8.21. The van der Waals surface area contributed by atoms with Gasteiger partial charge in [-0.1, -0.05) is 37.6 Å². The molecule has 0 saturated heterocycles. The third kappa shape index (κ3) is 7.22. The zero-order valence-corrected chi connectivity index (χ0v) is 12.8. The van der Waals surface area contributed by atoms with Crippen molar-refractivity contribution in [3.63, 3.8) is 0 Å². The molecular formula is C16H24ClNO. The number of carbonyl (C=O) groups is 1. The molecule has 1 atom stereocenters. The number of amides is 1. The van der Waals surface area contributed by atoms with E-state index in [4.69, 9.17) is 11.6 Å². The molecule has 0 heterocycles. The molecule has 1 unspecified atom stereocenters. The van der Waals surface area contributed by atoms with Gasteiger partial charge in [0.05, 0.1) is 0 Å². The summed E-state index contributed by atoms with van der Waals surface area (Å²) in [6, 6.07) is 7.93. The topological polar surface area (TPSA) is 29.1 Å². The van der Waals surface area contributed by atoms with Gasteiger partial charge in [-0.25, -0.2) is 0 Å². The summed E-state index contributed by atoms with van der Waals surface area (Å²) >= 11 is 5.82. The smallest absolute Gasteiger partial charge is 0.220 e. The Hall–Kier alpha value is -1.02. The van der Waals surface area contributed by atoms with Gasteiger partial charge < -0.3 is 5.32 Å². The first-order valence-corrected chi connectivity index (χ1v) is 7.39. The third-order valence-corrected chi connectivity index (χ3v) is 3.39. The van der Waals surface area contributed by atoms with Crippen LogP contribution >= 0.6 is 11.6 Å². The van der Waals surface area contributed by atoms with Crippen LogP contribution < -0.4 is 5.32 Å². The van der Waals surface area contributed by atoms with Crippen LogP contribution in [0.4, 0.5) is 0 Å². The summed E-state index contributed by atoms with van der Waals surface area (Å²) in [4.78, 5) is 11.8. The highest BCUT2D eigenvalue weighted by Gasteiger charge is 2.08. The quantitative estimate of drug-likeness (QED) is 0.797. The molecule has 1 aromatic rings. The predicted molar refractivity (Wildman–Crippen MR) is 81.4 cm³/mol. The summed E-state index contributed by atoms with van der Waals surface area (Å²) in [5.41, 5.74) is 1.15. The Morgan fingerprint density at radius 1 is 1.16 bits per heavy atom. The number of nitrogens with one attached hydrogen (secondary N) is 1. The fourth-order valence-electron chi connectivity index (χ4n) is 1.91. The molecule has 0 aliphatic rings. The molecule has 2 nitrogen and oxygen atoms in total. The lowest BCUT2D eigenvalue weighted by Gasteiger charge is -2.15. The van der Waals surface area contributed by atoms with Gasteiger partial charge in [0.25, 0.3) is 0 Å². The Kier molecular flexibility index (Phi) is 6.93. The molecule has 0 spiro atoms. The maximum atomic E-state index is 11.8. The number of rotatable bonds is 7. The molecule has 0 fully saturated rings. The van der Waals surface area contributed by atoms with Crippen LogP contribution in [0.5, 0.6) is 0 Å². The maximum Gasteiger partial charge on any atom is 0.220 e. The molecule has 0 radical (unpaired) electrons. The second-order valence-electron chi connectivity index (χ2n) is 5.57. The Morgan fingerprint density at radius 3 is 2.37 bits per heavy atom. The summed E-state index contributed by atoms with van der Waals surface area (Å²) in [6.07, 6.45) is 3.50. The normalized spacial score (nSPS) is 12.5. The maximum absolute atomic E-state index is 11.8. The average molecular weight is 282 g/mol. The SMILES string of the molecule is CC(C)CCC(C)NC(=O)CCc1ccc(Cl)cc1. The Labute approximate surface area is 121 Å². The van der Waals surface area contributed by atoms with Crippen molar-refractivity contribution >= 4 is 17.5 Å². The van der Waals surface area contributed by atoms with E-state index in [1.807, 2.05) is 24.3 Å². The van der Waals surface area contributed by atoms with Crippen LogP contribution in [0.3, 0.4) is 0 Å². The van der Waals surface area contributed by atoms with Crippen LogP contribution in [0.1, 0.15) is 45.6 Å². The number of benzene rings is 1. The lowest BCUT2D eigenvalue weighted by molar-refractivity contribution is -0.121. The fourth-order valence-corrected chi connectivity index (χ4v) is 2.04. The van der Waals surface area contributed by atoms with Crippen molar-refractivity contribution in [3.8, 4) is 0 Å². The Bertz CT molecular complexity index is 386. The minimum absolute atomic E-state index is 0.131.